The van der Waals surface area contributed by atoms with Crippen LogP contribution in [0.3, 0.4) is 0 Å². The number of pyridine rings is 1. The summed E-state index contributed by atoms with van der Waals surface area (Å²) >= 11 is 0. The van der Waals surface area contributed by atoms with Gasteiger partial charge in [0.2, 0.25) is 0 Å². The van der Waals surface area contributed by atoms with Crippen LogP contribution in [0.1, 0.15) is 5.69 Å². The number of ketones is 1. The third-order valence-electron chi connectivity index (χ3n) is 3.30. The van der Waals surface area contributed by atoms with Crippen molar-refractivity contribution in [3.05, 3.63) is 42.1 Å². The van der Waals surface area contributed by atoms with E-state index in [-0.39, 0.29) is 11.9 Å². The Balaban J connectivity index is 1.75. The summed E-state index contributed by atoms with van der Waals surface area (Å²) in [5.74, 6) is 0.0926. The average Bonchev–Trinajstić information content (AvgIpc) is 2.48. The zero-order chi connectivity index (χ0) is 13.1. The molecule has 1 unspecified atom stereocenters. The van der Waals surface area contributed by atoms with Gasteiger partial charge in [-0.15, -0.1) is 0 Å². The standard InChI is InChI=1S/C15H16N2O2/c18-14(15-10-16-7-8-19-15)9-12-6-5-11-3-1-2-4-13(11)17-12/h1-6,15-16H,7-10H2. The molecule has 0 amide bonds. The van der Waals surface area contributed by atoms with E-state index in [1.54, 1.807) is 0 Å². The predicted octanol–water partition coefficient (Wildman–Crippen LogP) is 1.33. The molecule has 4 nitrogen and oxygen atoms in total. The third-order valence-corrected chi connectivity index (χ3v) is 3.30. The lowest BCUT2D eigenvalue weighted by atomic mass is 10.1. The minimum atomic E-state index is -0.331. The van der Waals surface area contributed by atoms with Crippen LogP contribution in [0.2, 0.25) is 0 Å². The number of fused-ring (bicyclic) bond motifs is 1. The van der Waals surface area contributed by atoms with Crippen molar-refractivity contribution in [3.8, 4) is 0 Å². The molecule has 4 heteroatoms. The zero-order valence-corrected chi connectivity index (χ0v) is 10.6. The minimum absolute atomic E-state index is 0.0926. The summed E-state index contributed by atoms with van der Waals surface area (Å²) in [6, 6.07) is 11.8. The van der Waals surface area contributed by atoms with Crippen LogP contribution in [-0.4, -0.2) is 36.6 Å². The number of morpholine rings is 1. The summed E-state index contributed by atoms with van der Waals surface area (Å²) in [4.78, 5) is 16.6. The van der Waals surface area contributed by atoms with Gasteiger partial charge in [0.05, 0.1) is 18.5 Å². The maximum Gasteiger partial charge on any atom is 0.168 e. The van der Waals surface area contributed by atoms with Crippen LogP contribution in [0.4, 0.5) is 0 Å². The highest BCUT2D eigenvalue weighted by molar-refractivity contribution is 5.86. The van der Waals surface area contributed by atoms with Gasteiger partial charge >= 0.3 is 0 Å². The molecule has 1 N–H and O–H groups in total. The molecule has 1 fully saturated rings. The molecule has 0 aliphatic carbocycles. The molecule has 0 bridgehead atoms. The van der Waals surface area contributed by atoms with E-state index in [0.29, 0.717) is 19.6 Å². The van der Waals surface area contributed by atoms with Crippen LogP contribution in [0, 0.1) is 0 Å². The molecule has 0 spiro atoms. The Bertz CT molecular complexity index is 591. The van der Waals surface area contributed by atoms with Gasteiger partial charge in [-0.25, -0.2) is 0 Å². The van der Waals surface area contributed by atoms with Crippen LogP contribution in [-0.2, 0) is 16.0 Å². The Labute approximate surface area is 111 Å². The second-order valence-electron chi connectivity index (χ2n) is 4.70. The van der Waals surface area contributed by atoms with Crippen LogP contribution >= 0.6 is 0 Å². The summed E-state index contributed by atoms with van der Waals surface area (Å²) in [5.41, 5.74) is 1.73. The molecule has 1 aromatic heterocycles. The molecule has 1 aromatic carbocycles. The van der Waals surface area contributed by atoms with Crippen LogP contribution < -0.4 is 5.32 Å². The molecule has 1 atom stereocenters. The number of carbonyl (C=O) groups excluding carboxylic acids is 1. The van der Waals surface area contributed by atoms with Gasteiger partial charge in [0.1, 0.15) is 6.10 Å². The largest absolute Gasteiger partial charge is 0.368 e. The smallest absolute Gasteiger partial charge is 0.168 e. The van der Waals surface area contributed by atoms with E-state index in [1.165, 1.54) is 0 Å². The van der Waals surface area contributed by atoms with E-state index in [0.717, 1.165) is 23.1 Å². The average molecular weight is 256 g/mol. The van der Waals surface area contributed by atoms with Gasteiger partial charge in [-0.2, -0.15) is 0 Å². The number of ether oxygens (including phenoxy) is 1. The Morgan fingerprint density at radius 3 is 3.05 bits per heavy atom. The Hall–Kier alpha value is -1.78. The van der Waals surface area contributed by atoms with Crippen molar-refractivity contribution in [3.63, 3.8) is 0 Å². The highest BCUT2D eigenvalue weighted by Crippen LogP contribution is 2.13. The highest BCUT2D eigenvalue weighted by atomic mass is 16.5. The number of carbonyl (C=O) groups is 1. The normalized spacial score (nSPS) is 19.5. The number of aromatic nitrogens is 1. The predicted molar refractivity (Wildman–Crippen MR) is 73.1 cm³/mol. The first-order valence-corrected chi connectivity index (χ1v) is 6.52. The molecule has 1 saturated heterocycles. The fourth-order valence-electron chi connectivity index (χ4n) is 2.27. The number of nitrogens with one attached hydrogen (secondary N) is 1. The first kappa shape index (κ1) is 12.3. The fraction of sp³-hybridized carbons (Fsp3) is 0.333. The number of benzene rings is 1. The van der Waals surface area contributed by atoms with Gasteiger partial charge < -0.3 is 10.1 Å². The Morgan fingerprint density at radius 2 is 2.21 bits per heavy atom. The van der Waals surface area contributed by atoms with Gasteiger partial charge in [-0.05, 0) is 12.1 Å². The summed E-state index contributed by atoms with van der Waals surface area (Å²) in [5, 5.41) is 4.26. The van der Waals surface area contributed by atoms with Crippen molar-refractivity contribution in [2.75, 3.05) is 19.7 Å². The van der Waals surface area contributed by atoms with E-state index in [9.17, 15) is 4.79 Å². The number of rotatable bonds is 3. The van der Waals surface area contributed by atoms with Gasteiger partial charge in [-0.3, -0.25) is 9.78 Å². The van der Waals surface area contributed by atoms with Crippen molar-refractivity contribution < 1.29 is 9.53 Å². The quantitative estimate of drug-likeness (QED) is 0.900. The molecule has 2 aromatic rings. The van der Waals surface area contributed by atoms with Crippen LogP contribution in [0.15, 0.2) is 36.4 Å². The summed E-state index contributed by atoms with van der Waals surface area (Å²) < 4.78 is 5.46. The summed E-state index contributed by atoms with van der Waals surface area (Å²) in [7, 11) is 0. The van der Waals surface area contributed by atoms with Crippen molar-refractivity contribution in [2.24, 2.45) is 0 Å². The summed E-state index contributed by atoms with van der Waals surface area (Å²) in [6.45, 7) is 2.02. The van der Waals surface area contributed by atoms with Crippen LogP contribution in [0.5, 0.6) is 0 Å². The molecule has 19 heavy (non-hydrogen) atoms. The number of hydrogen-bond acceptors (Lipinski definition) is 4. The van der Waals surface area contributed by atoms with Crippen LogP contribution in [0.25, 0.3) is 10.9 Å². The van der Waals surface area contributed by atoms with Gasteiger partial charge in [0.15, 0.2) is 5.78 Å². The SMILES string of the molecule is O=C(Cc1ccc2ccccc2n1)C1CNCCO1. The molecule has 1 aliphatic rings. The minimum Gasteiger partial charge on any atom is -0.368 e. The fourth-order valence-corrected chi connectivity index (χ4v) is 2.27. The second kappa shape index (κ2) is 5.47. The van der Waals surface area contributed by atoms with E-state index in [4.69, 9.17) is 4.74 Å². The molecule has 2 heterocycles. The molecule has 98 valence electrons. The molecule has 0 saturated carbocycles. The number of para-hydroxylation sites is 1. The van der Waals surface area contributed by atoms with E-state index in [2.05, 4.69) is 10.3 Å². The zero-order valence-electron chi connectivity index (χ0n) is 10.6. The molecule has 0 radical (unpaired) electrons. The first-order valence-electron chi connectivity index (χ1n) is 6.52. The van der Waals surface area contributed by atoms with Crippen molar-refractivity contribution >= 4 is 16.7 Å². The topological polar surface area (TPSA) is 51.2 Å². The van der Waals surface area contributed by atoms with Gasteiger partial charge in [0, 0.05) is 24.2 Å². The van der Waals surface area contributed by atoms with E-state index in [1.807, 2.05) is 36.4 Å². The monoisotopic (exact) mass is 256 g/mol. The third kappa shape index (κ3) is 2.80. The summed E-state index contributed by atoms with van der Waals surface area (Å²) in [6.07, 6.45) is -0.000926. The molecule has 3 rings (SSSR count). The van der Waals surface area contributed by atoms with Crippen molar-refractivity contribution in [2.45, 2.75) is 12.5 Å². The van der Waals surface area contributed by atoms with Gasteiger partial charge in [-0.1, -0.05) is 24.3 Å². The van der Waals surface area contributed by atoms with Crippen molar-refractivity contribution in [1.29, 1.82) is 0 Å². The maximum absolute atomic E-state index is 12.1. The Kier molecular flexibility index (Phi) is 3.53. The number of hydrogen-bond donors (Lipinski definition) is 1. The lowest BCUT2D eigenvalue weighted by Gasteiger charge is -2.22. The van der Waals surface area contributed by atoms with E-state index < -0.39 is 0 Å². The maximum atomic E-state index is 12.1. The van der Waals surface area contributed by atoms with Gasteiger partial charge in [0.25, 0.3) is 0 Å². The molecule has 1 aliphatic heterocycles. The lowest BCUT2D eigenvalue weighted by Crippen LogP contribution is -2.43. The molecular weight excluding hydrogens is 240 g/mol. The number of Topliss-reactive ketones (excluding diaryl/α,β-unsaturated/α-hetero) is 1. The van der Waals surface area contributed by atoms with E-state index >= 15 is 0 Å². The molecular formula is C15H16N2O2. The lowest BCUT2D eigenvalue weighted by molar-refractivity contribution is -0.131. The highest BCUT2D eigenvalue weighted by Gasteiger charge is 2.22. The van der Waals surface area contributed by atoms with Crippen molar-refractivity contribution in [1.82, 2.24) is 10.3 Å². The first-order chi connectivity index (χ1) is 9.33. The Morgan fingerprint density at radius 1 is 1.32 bits per heavy atom. The second-order valence-corrected chi connectivity index (χ2v) is 4.70. The number of nitrogens with zero attached hydrogens (tertiary/aromatic N) is 1.